The fourth-order valence-electron chi connectivity index (χ4n) is 2.30. The molecule has 0 amide bonds. The molecule has 0 unspecified atom stereocenters. The Balaban J connectivity index is 2.45. The van der Waals surface area contributed by atoms with Crippen LogP contribution in [-0.4, -0.2) is 33.1 Å². The van der Waals surface area contributed by atoms with Crippen molar-refractivity contribution in [3.63, 3.8) is 0 Å². The molecule has 1 heterocycles. The molecule has 2 rings (SSSR count). The van der Waals surface area contributed by atoms with Crippen molar-refractivity contribution >= 4 is 10.0 Å². The van der Waals surface area contributed by atoms with Gasteiger partial charge in [0.15, 0.2) is 0 Å². The van der Waals surface area contributed by atoms with E-state index < -0.39 is 10.0 Å². The van der Waals surface area contributed by atoms with Crippen molar-refractivity contribution in [2.24, 2.45) is 0 Å². The maximum absolute atomic E-state index is 12.6. The van der Waals surface area contributed by atoms with Crippen molar-refractivity contribution in [2.45, 2.75) is 31.6 Å². The van der Waals surface area contributed by atoms with E-state index in [-0.39, 0.29) is 0 Å². The number of rotatable bonds is 3. The van der Waals surface area contributed by atoms with Gasteiger partial charge in [0.1, 0.15) is 5.75 Å². The van der Waals surface area contributed by atoms with Crippen LogP contribution in [0.25, 0.3) is 0 Å². The fourth-order valence-corrected chi connectivity index (χ4v) is 4.02. The predicted molar refractivity (Wildman–Crippen MR) is 71.5 cm³/mol. The van der Waals surface area contributed by atoms with E-state index in [2.05, 4.69) is 0 Å². The second kappa shape index (κ2) is 5.48. The van der Waals surface area contributed by atoms with Crippen LogP contribution in [0.3, 0.4) is 0 Å². The third-order valence-corrected chi connectivity index (χ3v) is 5.15. The molecule has 1 aliphatic heterocycles. The van der Waals surface area contributed by atoms with Gasteiger partial charge in [-0.1, -0.05) is 4.47 Å². The molecule has 5 nitrogen and oxygen atoms in total. The van der Waals surface area contributed by atoms with Crippen molar-refractivity contribution in [1.82, 2.24) is 4.47 Å². The average Bonchev–Trinajstić information content (AvgIpc) is 2.38. The summed E-state index contributed by atoms with van der Waals surface area (Å²) in [6.07, 6.45) is 1.72. The molecule has 19 heavy (non-hydrogen) atoms. The zero-order chi connectivity index (χ0) is 14.0. The second-order valence-electron chi connectivity index (χ2n) is 4.66. The summed E-state index contributed by atoms with van der Waals surface area (Å²) in [5.74, 6) is 0.661. The zero-order valence-corrected chi connectivity index (χ0v) is 12.3. The molecular formula is C13H19NO4S. The SMILES string of the molecule is COc1cc(C)c(S(=O)(=O)N2CCCCO2)c(C)c1. The highest BCUT2D eigenvalue weighted by atomic mass is 32.2. The first-order valence-corrected chi connectivity index (χ1v) is 7.71. The van der Waals surface area contributed by atoms with Crippen LogP contribution in [-0.2, 0) is 14.9 Å². The molecule has 0 N–H and O–H groups in total. The van der Waals surface area contributed by atoms with E-state index in [0.717, 1.165) is 17.3 Å². The van der Waals surface area contributed by atoms with Gasteiger partial charge in [-0.15, -0.1) is 0 Å². The lowest BCUT2D eigenvalue weighted by molar-refractivity contribution is -0.108. The van der Waals surface area contributed by atoms with Crippen molar-refractivity contribution in [2.75, 3.05) is 20.3 Å². The number of methoxy groups -OCH3 is 1. The van der Waals surface area contributed by atoms with Crippen LogP contribution in [0.4, 0.5) is 0 Å². The van der Waals surface area contributed by atoms with Gasteiger partial charge in [0.05, 0.1) is 18.6 Å². The number of hydrogen-bond acceptors (Lipinski definition) is 4. The van der Waals surface area contributed by atoms with Crippen LogP contribution in [0, 0.1) is 13.8 Å². The monoisotopic (exact) mass is 285 g/mol. The summed E-state index contributed by atoms with van der Waals surface area (Å²) in [7, 11) is -2.03. The van der Waals surface area contributed by atoms with Gasteiger partial charge in [0, 0.05) is 6.54 Å². The minimum Gasteiger partial charge on any atom is -0.497 e. The first-order chi connectivity index (χ1) is 8.96. The molecule has 1 aromatic carbocycles. The lowest BCUT2D eigenvalue weighted by Crippen LogP contribution is -2.36. The molecule has 106 valence electrons. The maximum atomic E-state index is 12.6. The number of nitrogens with zero attached hydrogens (tertiary/aromatic N) is 1. The summed E-state index contributed by atoms with van der Waals surface area (Å²) in [5.41, 5.74) is 1.34. The van der Waals surface area contributed by atoms with Gasteiger partial charge >= 0.3 is 0 Å². The minimum absolute atomic E-state index is 0.315. The van der Waals surface area contributed by atoms with E-state index in [0.29, 0.717) is 34.9 Å². The highest BCUT2D eigenvalue weighted by Crippen LogP contribution is 2.29. The molecule has 0 atom stereocenters. The first-order valence-electron chi connectivity index (χ1n) is 6.27. The maximum Gasteiger partial charge on any atom is 0.265 e. The summed E-state index contributed by atoms with van der Waals surface area (Å²) in [6, 6.07) is 3.45. The summed E-state index contributed by atoms with van der Waals surface area (Å²) in [4.78, 5) is 5.59. The van der Waals surface area contributed by atoms with Crippen LogP contribution in [0.5, 0.6) is 5.75 Å². The molecule has 1 fully saturated rings. The third-order valence-electron chi connectivity index (χ3n) is 3.17. The number of ether oxygens (including phenoxy) is 1. The van der Waals surface area contributed by atoms with Crippen molar-refractivity contribution < 1.29 is 18.0 Å². The zero-order valence-electron chi connectivity index (χ0n) is 11.5. The quantitative estimate of drug-likeness (QED) is 0.852. The summed E-state index contributed by atoms with van der Waals surface area (Å²) in [5, 5.41) is 0. The standard InChI is InChI=1S/C13H19NO4S/c1-10-8-12(17-3)9-11(2)13(10)19(15,16)14-6-4-5-7-18-14/h8-9H,4-7H2,1-3H3. The van der Waals surface area contributed by atoms with Gasteiger partial charge in [0.2, 0.25) is 0 Å². The molecule has 0 radical (unpaired) electrons. The summed E-state index contributed by atoms with van der Waals surface area (Å²) >= 11 is 0. The van der Waals surface area contributed by atoms with E-state index in [1.54, 1.807) is 33.1 Å². The lowest BCUT2D eigenvalue weighted by atomic mass is 10.1. The van der Waals surface area contributed by atoms with Gasteiger partial charge in [-0.05, 0) is 49.9 Å². The predicted octanol–water partition coefficient (Wildman–Crippen LogP) is 2.03. The molecule has 0 aromatic heterocycles. The molecule has 0 spiro atoms. The molecule has 1 aromatic rings. The molecule has 6 heteroatoms. The van der Waals surface area contributed by atoms with Crippen LogP contribution in [0.2, 0.25) is 0 Å². The number of sulfonamides is 1. The van der Waals surface area contributed by atoms with Gasteiger partial charge in [-0.25, -0.2) is 8.42 Å². The smallest absolute Gasteiger partial charge is 0.265 e. The lowest BCUT2D eigenvalue weighted by Gasteiger charge is -2.26. The number of hydroxylamine groups is 1. The van der Waals surface area contributed by atoms with E-state index in [9.17, 15) is 8.42 Å². The molecule has 0 bridgehead atoms. The Morgan fingerprint density at radius 3 is 2.32 bits per heavy atom. The van der Waals surface area contributed by atoms with Gasteiger partial charge in [-0.2, -0.15) is 0 Å². The Labute approximate surface area is 114 Å². The number of aryl methyl sites for hydroxylation is 2. The third kappa shape index (κ3) is 2.75. The Morgan fingerprint density at radius 2 is 1.84 bits per heavy atom. The molecule has 0 saturated carbocycles. The van der Waals surface area contributed by atoms with Crippen molar-refractivity contribution in [1.29, 1.82) is 0 Å². The minimum atomic E-state index is -3.59. The van der Waals surface area contributed by atoms with Crippen LogP contribution in [0.1, 0.15) is 24.0 Å². The van der Waals surface area contributed by atoms with Crippen LogP contribution >= 0.6 is 0 Å². The number of hydrogen-bond donors (Lipinski definition) is 0. The van der Waals surface area contributed by atoms with Crippen LogP contribution < -0.4 is 4.74 Å². The summed E-state index contributed by atoms with van der Waals surface area (Å²) in [6.45, 7) is 4.40. The van der Waals surface area contributed by atoms with Gasteiger partial charge < -0.3 is 4.74 Å². The Kier molecular flexibility index (Phi) is 4.13. The van der Waals surface area contributed by atoms with E-state index in [1.807, 2.05) is 0 Å². The topological polar surface area (TPSA) is 55.8 Å². The Hall–Kier alpha value is -1.11. The van der Waals surface area contributed by atoms with Crippen LogP contribution in [0.15, 0.2) is 17.0 Å². The van der Waals surface area contributed by atoms with E-state index >= 15 is 0 Å². The normalized spacial score (nSPS) is 17.4. The summed E-state index contributed by atoms with van der Waals surface area (Å²) < 4.78 is 31.4. The largest absolute Gasteiger partial charge is 0.497 e. The van der Waals surface area contributed by atoms with Crippen molar-refractivity contribution in [3.8, 4) is 5.75 Å². The highest BCUT2D eigenvalue weighted by Gasteiger charge is 2.30. The van der Waals surface area contributed by atoms with Gasteiger partial charge in [-0.3, -0.25) is 4.84 Å². The van der Waals surface area contributed by atoms with E-state index in [4.69, 9.17) is 9.57 Å². The van der Waals surface area contributed by atoms with E-state index in [1.165, 1.54) is 0 Å². The Morgan fingerprint density at radius 1 is 1.21 bits per heavy atom. The average molecular weight is 285 g/mol. The Bertz CT molecular complexity index is 539. The first kappa shape index (κ1) is 14.3. The highest BCUT2D eigenvalue weighted by molar-refractivity contribution is 7.89. The number of benzene rings is 1. The van der Waals surface area contributed by atoms with Gasteiger partial charge in [0.25, 0.3) is 10.0 Å². The molecule has 1 aliphatic rings. The molecular weight excluding hydrogens is 266 g/mol. The van der Waals surface area contributed by atoms with Crippen molar-refractivity contribution in [3.05, 3.63) is 23.3 Å². The fraction of sp³-hybridized carbons (Fsp3) is 0.538. The second-order valence-corrected chi connectivity index (χ2v) is 6.43. The molecule has 1 saturated heterocycles. The molecule has 0 aliphatic carbocycles.